The summed E-state index contributed by atoms with van der Waals surface area (Å²) in [5, 5.41) is 5.71. The van der Waals surface area contributed by atoms with E-state index in [2.05, 4.69) is 27.5 Å². The Kier molecular flexibility index (Phi) is 6.02. The zero-order valence-electron chi connectivity index (χ0n) is 13.9. The summed E-state index contributed by atoms with van der Waals surface area (Å²) < 4.78 is 5.55. The van der Waals surface area contributed by atoms with Gasteiger partial charge in [-0.2, -0.15) is 0 Å². The zero-order valence-corrected chi connectivity index (χ0v) is 14.7. The number of rotatable bonds is 6. The molecule has 0 bridgehead atoms. The molecule has 23 heavy (non-hydrogen) atoms. The van der Waals surface area contributed by atoms with Gasteiger partial charge in [0.2, 0.25) is 5.91 Å². The molecule has 5 nitrogen and oxygen atoms in total. The molecule has 0 radical (unpaired) electrons. The average molecular weight is 337 g/mol. The van der Waals surface area contributed by atoms with Gasteiger partial charge in [0, 0.05) is 25.0 Å². The minimum absolute atomic E-state index is 0.0493. The maximum atomic E-state index is 12.0. The summed E-state index contributed by atoms with van der Waals surface area (Å²) in [6, 6.07) is 0. The van der Waals surface area contributed by atoms with Crippen LogP contribution in [0.3, 0.4) is 0 Å². The van der Waals surface area contributed by atoms with Crippen LogP contribution in [0.15, 0.2) is 5.38 Å². The molecule has 2 aliphatic rings. The van der Waals surface area contributed by atoms with Gasteiger partial charge in [-0.25, -0.2) is 4.98 Å². The number of hydrogen-bond acceptors (Lipinski definition) is 5. The number of nitrogens with zero attached hydrogens (tertiary/aromatic N) is 2. The van der Waals surface area contributed by atoms with Crippen molar-refractivity contribution in [2.75, 3.05) is 25.0 Å². The van der Waals surface area contributed by atoms with Gasteiger partial charge in [0.1, 0.15) is 0 Å². The molecule has 3 rings (SSSR count). The average Bonchev–Trinajstić information content (AvgIpc) is 3.20. The summed E-state index contributed by atoms with van der Waals surface area (Å²) in [6.07, 6.45) is 6.36. The summed E-state index contributed by atoms with van der Waals surface area (Å²) in [7, 11) is 0. The van der Waals surface area contributed by atoms with E-state index in [0.29, 0.717) is 6.42 Å². The van der Waals surface area contributed by atoms with Gasteiger partial charge in [0.25, 0.3) is 0 Å². The van der Waals surface area contributed by atoms with Gasteiger partial charge in [-0.1, -0.05) is 6.92 Å². The second-order valence-corrected chi connectivity index (χ2v) is 7.68. The third kappa shape index (κ3) is 5.26. The van der Waals surface area contributed by atoms with Gasteiger partial charge in [-0.05, 0) is 51.1 Å². The summed E-state index contributed by atoms with van der Waals surface area (Å²) in [4.78, 5) is 19.0. The van der Waals surface area contributed by atoms with E-state index in [1.165, 1.54) is 24.2 Å². The first-order chi connectivity index (χ1) is 11.2. The Morgan fingerprint density at radius 1 is 1.43 bits per heavy atom. The normalized spacial score (nSPS) is 23.3. The van der Waals surface area contributed by atoms with E-state index in [9.17, 15) is 4.79 Å². The number of amides is 1. The first kappa shape index (κ1) is 16.9. The third-order valence-corrected chi connectivity index (χ3v) is 5.58. The van der Waals surface area contributed by atoms with Crippen LogP contribution in [0.1, 0.15) is 51.1 Å². The van der Waals surface area contributed by atoms with Crippen molar-refractivity contribution in [2.45, 2.75) is 58.1 Å². The number of piperidine rings is 1. The van der Waals surface area contributed by atoms with Gasteiger partial charge in [-0.3, -0.25) is 9.69 Å². The van der Waals surface area contributed by atoms with Crippen molar-refractivity contribution in [3.63, 3.8) is 0 Å². The molecule has 1 aromatic rings. The zero-order chi connectivity index (χ0) is 16.1. The number of likely N-dealkylation sites (tertiary alicyclic amines) is 1. The highest BCUT2D eigenvalue weighted by Crippen LogP contribution is 2.22. The molecule has 1 N–H and O–H groups in total. The topological polar surface area (TPSA) is 54.5 Å². The number of aromatic nitrogens is 1. The number of carbonyl (C=O) groups excluding carboxylic acids is 1. The van der Waals surface area contributed by atoms with Crippen molar-refractivity contribution < 1.29 is 9.53 Å². The third-order valence-electron chi connectivity index (χ3n) is 4.78. The summed E-state index contributed by atoms with van der Waals surface area (Å²) in [6.45, 7) is 6.38. The minimum Gasteiger partial charge on any atom is -0.378 e. The number of carbonyl (C=O) groups is 1. The number of hydrogen-bond donors (Lipinski definition) is 1. The van der Waals surface area contributed by atoms with E-state index in [4.69, 9.17) is 4.74 Å². The Morgan fingerprint density at radius 3 is 3.00 bits per heavy atom. The highest BCUT2D eigenvalue weighted by molar-refractivity contribution is 7.13. The maximum Gasteiger partial charge on any atom is 0.226 e. The van der Waals surface area contributed by atoms with E-state index in [0.717, 1.165) is 62.2 Å². The van der Waals surface area contributed by atoms with E-state index in [1.54, 1.807) is 0 Å². The Labute approximate surface area is 142 Å². The lowest BCUT2D eigenvalue weighted by Crippen LogP contribution is -2.32. The molecule has 0 aromatic carbocycles. The molecule has 0 saturated carbocycles. The second kappa shape index (κ2) is 8.22. The monoisotopic (exact) mass is 337 g/mol. The fourth-order valence-corrected chi connectivity index (χ4v) is 3.95. The Hall–Kier alpha value is -0.980. The molecule has 0 unspecified atom stereocenters. The Morgan fingerprint density at radius 2 is 2.26 bits per heavy atom. The van der Waals surface area contributed by atoms with Crippen LogP contribution in [0, 0.1) is 5.92 Å². The van der Waals surface area contributed by atoms with Crippen molar-refractivity contribution in [1.82, 2.24) is 9.88 Å². The molecular formula is C17H27N3O2S. The summed E-state index contributed by atoms with van der Waals surface area (Å²) in [5.41, 5.74) is 1.07. The minimum atomic E-state index is 0.0493. The van der Waals surface area contributed by atoms with Gasteiger partial charge in [-0.15, -0.1) is 11.3 Å². The van der Waals surface area contributed by atoms with Crippen molar-refractivity contribution in [1.29, 1.82) is 0 Å². The van der Waals surface area contributed by atoms with E-state index >= 15 is 0 Å². The van der Waals surface area contributed by atoms with Gasteiger partial charge < -0.3 is 10.1 Å². The number of ether oxygens (including phenoxy) is 1. The van der Waals surface area contributed by atoms with E-state index in [-0.39, 0.29) is 12.0 Å². The standard InChI is InChI=1S/C17H27N3O2S/c1-13-6-8-20(9-7-13)11-14-12-23-17(18-14)19-16(21)5-4-15-3-2-10-22-15/h12-13,15H,2-11H2,1H3,(H,18,19,21)/t15-/m1/s1. The fourth-order valence-electron chi connectivity index (χ4n) is 3.23. The molecule has 128 valence electrons. The van der Waals surface area contributed by atoms with Crippen LogP contribution in [0.2, 0.25) is 0 Å². The molecule has 2 fully saturated rings. The predicted octanol–water partition coefficient (Wildman–Crippen LogP) is 3.27. The highest BCUT2D eigenvalue weighted by atomic mass is 32.1. The van der Waals surface area contributed by atoms with Crippen LogP contribution in [0.4, 0.5) is 5.13 Å². The maximum absolute atomic E-state index is 12.0. The van der Waals surface area contributed by atoms with Crippen LogP contribution < -0.4 is 5.32 Å². The summed E-state index contributed by atoms with van der Waals surface area (Å²) >= 11 is 1.52. The van der Waals surface area contributed by atoms with E-state index in [1.807, 2.05) is 0 Å². The van der Waals surface area contributed by atoms with Crippen molar-refractivity contribution >= 4 is 22.4 Å². The van der Waals surface area contributed by atoms with Gasteiger partial charge in [0.05, 0.1) is 11.8 Å². The lowest BCUT2D eigenvalue weighted by molar-refractivity contribution is -0.116. The lowest BCUT2D eigenvalue weighted by Gasteiger charge is -2.29. The van der Waals surface area contributed by atoms with Crippen LogP contribution in [-0.4, -0.2) is 41.6 Å². The molecule has 0 aliphatic carbocycles. The van der Waals surface area contributed by atoms with Crippen LogP contribution >= 0.6 is 11.3 Å². The Balaban J connectivity index is 1.40. The number of thiazole rings is 1. The molecule has 6 heteroatoms. The molecule has 1 atom stereocenters. The predicted molar refractivity (Wildman–Crippen MR) is 92.6 cm³/mol. The molecule has 2 saturated heterocycles. The lowest BCUT2D eigenvalue weighted by atomic mass is 9.99. The molecule has 2 aliphatic heterocycles. The van der Waals surface area contributed by atoms with Gasteiger partial charge >= 0.3 is 0 Å². The fraction of sp³-hybridized carbons (Fsp3) is 0.765. The van der Waals surface area contributed by atoms with Crippen LogP contribution in [0.5, 0.6) is 0 Å². The largest absolute Gasteiger partial charge is 0.378 e. The van der Waals surface area contributed by atoms with Crippen molar-refractivity contribution in [3.8, 4) is 0 Å². The quantitative estimate of drug-likeness (QED) is 0.865. The first-order valence-corrected chi connectivity index (χ1v) is 9.65. The van der Waals surface area contributed by atoms with Crippen LogP contribution in [0.25, 0.3) is 0 Å². The van der Waals surface area contributed by atoms with Crippen LogP contribution in [-0.2, 0) is 16.1 Å². The second-order valence-electron chi connectivity index (χ2n) is 6.82. The molecule has 1 amide bonds. The Bertz CT molecular complexity index is 506. The summed E-state index contributed by atoms with van der Waals surface area (Å²) in [5.74, 6) is 0.897. The molecule has 1 aromatic heterocycles. The molecular weight excluding hydrogens is 310 g/mol. The van der Waals surface area contributed by atoms with Gasteiger partial charge in [0.15, 0.2) is 5.13 Å². The van der Waals surface area contributed by atoms with E-state index < -0.39 is 0 Å². The number of nitrogens with one attached hydrogen (secondary N) is 1. The van der Waals surface area contributed by atoms with Crippen molar-refractivity contribution in [2.24, 2.45) is 5.92 Å². The number of anilines is 1. The smallest absolute Gasteiger partial charge is 0.226 e. The molecule has 0 spiro atoms. The first-order valence-electron chi connectivity index (χ1n) is 8.77. The van der Waals surface area contributed by atoms with Crippen molar-refractivity contribution in [3.05, 3.63) is 11.1 Å². The SMILES string of the molecule is CC1CCN(Cc2csc(NC(=O)CC[C@H]3CCCO3)n2)CC1. The highest BCUT2D eigenvalue weighted by Gasteiger charge is 2.18. The molecule has 3 heterocycles.